The van der Waals surface area contributed by atoms with Crippen molar-refractivity contribution in [3.63, 3.8) is 0 Å². The molecule has 26 heavy (non-hydrogen) atoms. The molecule has 0 radical (unpaired) electrons. The van der Waals surface area contributed by atoms with E-state index >= 15 is 0 Å². The van der Waals surface area contributed by atoms with E-state index in [0.717, 1.165) is 11.8 Å². The number of halogens is 2. The number of benzene rings is 1. The highest BCUT2D eigenvalue weighted by molar-refractivity contribution is 6.30. The molecular weight excluding hydrogens is 361 g/mol. The van der Waals surface area contributed by atoms with Crippen LogP contribution in [-0.4, -0.2) is 45.4 Å². The first-order chi connectivity index (χ1) is 12.5. The van der Waals surface area contributed by atoms with Crippen molar-refractivity contribution in [2.45, 2.75) is 26.3 Å². The third-order valence-corrected chi connectivity index (χ3v) is 4.19. The summed E-state index contributed by atoms with van der Waals surface area (Å²) in [5, 5.41) is 0.0991. The third-order valence-electron chi connectivity index (χ3n) is 3.90. The highest BCUT2D eigenvalue weighted by Crippen LogP contribution is 2.30. The van der Waals surface area contributed by atoms with Gasteiger partial charge in [-0.15, -0.1) is 0 Å². The van der Waals surface area contributed by atoms with Gasteiger partial charge in [-0.2, -0.15) is 4.58 Å². The van der Waals surface area contributed by atoms with Crippen molar-refractivity contribution in [1.82, 2.24) is 9.97 Å². The van der Waals surface area contributed by atoms with Gasteiger partial charge in [0, 0.05) is 0 Å². The molecule has 136 valence electrons. The van der Waals surface area contributed by atoms with Gasteiger partial charge in [0.1, 0.15) is 30.1 Å². The summed E-state index contributed by atoms with van der Waals surface area (Å²) in [5.41, 5.74) is 0.958. The Hall–Kier alpha value is -2.38. The molecule has 6 nitrogen and oxygen atoms in total. The molecule has 2 heterocycles. The zero-order valence-corrected chi connectivity index (χ0v) is 15.2. The summed E-state index contributed by atoms with van der Waals surface area (Å²) in [6.45, 7) is 4.74. The van der Waals surface area contributed by atoms with E-state index in [1.165, 1.54) is 24.7 Å². The number of aromatic nitrogens is 2. The fourth-order valence-corrected chi connectivity index (χ4v) is 2.89. The first-order valence-electron chi connectivity index (χ1n) is 8.16. The molecule has 1 saturated heterocycles. The Kier molecular flexibility index (Phi) is 5.58. The topological polar surface area (TPSA) is 64.3 Å². The molecule has 1 aromatic heterocycles. The van der Waals surface area contributed by atoms with Crippen LogP contribution in [0.15, 0.2) is 30.7 Å². The number of hydrogen-bond acceptors (Lipinski definition) is 5. The fourth-order valence-electron chi connectivity index (χ4n) is 2.76. The number of ether oxygens (including phenoxy) is 2. The first kappa shape index (κ1) is 18.4. The van der Waals surface area contributed by atoms with Gasteiger partial charge in [0.25, 0.3) is 0 Å². The second kappa shape index (κ2) is 7.88. The lowest BCUT2D eigenvalue weighted by Gasteiger charge is -2.12. The number of carbonyl (C=O) groups is 1. The maximum absolute atomic E-state index is 13.9. The molecule has 0 spiro atoms. The molecule has 1 aliphatic rings. The lowest BCUT2D eigenvalue weighted by molar-refractivity contribution is -0.464. The lowest BCUT2D eigenvalue weighted by Crippen LogP contribution is -2.34. The van der Waals surface area contributed by atoms with Crippen molar-refractivity contribution in [3.05, 3.63) is 47.3 Å². The van der Waals surface area contributed by atoms with Crippen LogP contribution in [-0.2, 0) is 4.74 Å². The Morgan fingerprint density at radius 2 is 2.19 bits per heavy atom. The number of rotatable bonds is 4. The third kappa shape index (κ3) is 3.89. The minimum Gasteiger partial charge on any atom is -0.451 e. The molecule has 0 bridgehead atoms. The average Bonchev–Trinajstić information content (AvgIpc) is 3.12. The van der Waals surface area contributed by atoms with Crippen molar-refractivity contribution >= 4 is 23.2 Å². The number of amides is 1. The second-order valence-corrected chi connectivity index (χ2v) is 6.42. The Labute approximate surface area is 155 Å². The molecule has 0 atom stereocenters. The summed E-state index contributed by atoms with van der Waals surface area (Å²) >= 11 is 5.99. The molecule has 0 aliphatic carbocycles. The zero-order valence-electron chi connectivity index (χ0n) is 14.4. The molecule has 1 aromatic carbocycles. The van der Waals surface area contributed by atoms with E-state index in [0.29, 0.717) is 19.6 Å². The zero-order chi connectivity index (χ0) is 18.7. The minimum absolute atomic E-state index is 0.0954. The lowest BCUT2D eigenvalue weighted by atomic mass is 10.1. The predicted molar refractivity (Wildman–Crippen MR) is 93.7 cm³/mol. The molecule has 2 aromatic rings. The van der Waals surface area contributed by atoms with E-state index in [9.17, 15) is 9.18 Å². The summed E-state index contributed by atoms with van der Waals surface area (Å²) in [6.07, 6.45) is 3.32. The van der Waals surface area contributed by atoms with Crippen LogP contribution >= 0.6 is 11.6 Å². The van der Waals surface area contributed by atoms with E-state index < -0.39 is 5.82 Å². The predicted octanol–water partition coefficient (Wildman–Crippen LogP) is 3.48. The standard InChI is InChI=1S/C18H18ClFN3O3/c1-11(2)23(13-5-6-25-9-13)18(24)14-7-12(20)3-4-15(14)26-16-8-21-10-22-17(16)19/h3-4,7-8,10-11H,5-6,9H2,1-2H3/q+1. The molecule has 8 heteroatoms. The van der Waals surface area contributed by atoms with Crippen molar-refractivity contribution in [3.8, 4) is 11.5 Å². The average molecular weight is 379 g/mol. The summed E-state index contributed by atoms with van der Waals surface area (Å²) in [4.78, 5) is 20.8. The van der Waals surface area contributed by atoms with Crippen LogP contribution in [0.4, 0.5) is 4.39 Å². The van der Waals surface area contributed by atoms with Crippen LogP contribution in [0.3, 0.4) is 0 Å². The summed E-state index contributed by atoms with van der Waals surface area (Å²) in [5.74, 6) is -0.531. The van der Waals surface area contributed by atoms with Crippen LogP contribution in [0.5, 0.6) is 11.5 Å². The van der Waals surface area contributed by atoms with Crippen LogP contribution in [0, 0.1) is 5.82 Å². The van der Waals surface area contributed by atoms with Gasteiger partial charge in [0.05, 0.1) is 19.2 Å². The van der Waals surface area contributed by atoms with E-state index in [1.54, 1.807) is 4.58 Å². The molecule has 1 aliphatic heterocycles. The second-order valence-electron chi connectivity index (χ2n) is 6.06. The van der Waals surface area contributed by atoms with Crippen LogP contribution in [0.25, 0.3) is 0 Å². The smallest absolute Gasteiger partial charge is 0.423 e. The highest BCUT2D eigenvalue weighted by Gasteiger charge is 2.33. The van der Waals surface area contributed by atoms with Crippen LogP contribution in [0.2, 0.25) is 5.15 Å². The van der Waals surface area contributed by atoms with E-state index in [1.807, 2.05) is 13.8 Å². The maximum Gasteiger partial charge on any atom is 0.423 e. The molecular formula is C18H18ClFN3O3+. The van der Waals surface area contributed by atoms with Gasteiger partial charge in [0.15, 0.2) is 22.7 Å². The monoisotopic (exact) mass is 378 g/mol. The molecule has 1 fully saturated rings. The van der Waals surface area contributed by atoms with Gasteiger partial charge in [0.2, 0.25) is 0 Å². The quantitative estimate of drug-likeness (QED) is 0.602. The van der Waals surface area contributed by atoms with Crippen molar-refractivity contribution in [2.75, 3.05) is 13.2 Å². The summed E-state index contributed by atoms with van der Waals surface area (Å²) < 4.78 is 26.5. The van der Waals surface area contributed by atoms with Gasteiger partial charge in [-0.1, -0.05) is 11.6 Å². The highest BCUT2D eigenvalue weighted by atomic mass is 35.5. The molecule has 3 rings (SSSR count). The van der Waals surface area contributed by atoms with E-state index in [2.05, 4.69) is 9.97 Å². The van der Waals surface area contributed by atoms with Gasteiger partial charge in [-0.3, -0.25) is 0 Å². The van der Waals surface area contributed by atoms with Crippen molar-refractivity contribution < 1.29 is 23.2 Å². The number of hydrogen-bond donors (Lipinski definition) is 0. The van der Waals surface area contributed by atoms with Crippen molar-refractivity contribution in [1.29, 1.82) is 0 Å². The Balaban J connectivity index is 2.04. The van der Waals surface area contributed by atoms with Crippen LogP contribution < -0.4 is 4.74 Å². The van der Waals surface area contributed by atoms with Gasteiger partial charge in [-0.25, -0.2) is 19.2 Å². The molecule has 1 amide bonds. The normalized spacial score (nSPS) is 16.0. The number of nitrogens with zero attached hydrogens (tertiary/aromatic N) is 3. The summed E-state index contributed by atoms with van der Waals surface area (Å²) in [7, 11) is 0. The fraction of sp³-hybridized carbons (Fsp3) is 0.333. The van der Waals surface area contributed by atoms with Gasteiger partial charge < -0.3 is 9.47 Å². The largest absolute Gasteiger partial charge is 0.451 e. The Morgan fingerprint density at radius 1 is 1.38 bits per heavy atom. The Morgan fingerprint density at radius 3 is 2.85 bits per heavy atom. The summed E-state index contributed by atoms with van der Waals surface area (Å²) in [6, 6.07) is 3.65. The molecule has 0 N–H and O–H groups in total. The van der Waals surface area contributed by atoms with Gasteiger partial charge >= 0.3 is 5.91 Å². The Bertz CT molecular complexity index is 863. The van der Waals surface area contributed by atoms with E-state index in [4.69, 9.17) is 21.1 Å². The molecule has 0 unspecified atom stereocenters. The number of carbonyl (C=O) groups excluding carboxylic acids is 1. The first-order valence-corrected chi connectivity index (χ1v) is 8.54. The van der Waals surface area contributed by atoms with Gasteiger partial charge in [-0.05, 0) is 32.0 Å². The van der Waals surface area contributed by atoms with Crippen molar-refractivity contribution in [2.24, 2.45) is 0 Å². The van der Waals surface area contributed by atoms with E-state index in [-0.39, 0.29) is 34.2 Å². The van der Waals surface area contributed by atoms with Crippen LogP contribution in [0.1, 0.15) is 30.6 Å². The SMILES string of the molecule is CC(C)[N+](C(=O)c1cc(F)ccc1Oc1cncnc1Cl)=C1CCOC1. The minimum atomic E-state index is -0.535. The maximum atomic E-state index is 13.9. The molecule has 0 saturated carbocycles.